The number of hydrogen-bond acceptors (Lipinski definition) is 10. The Hall–Kier alpha value is -3.97. The van der Waals surface area contributed by atoms with Gasteiger partial charge in [0.15, 0.2) is 12.4 Å². The third kappa shape index (κ3) is 5.64. The van der Waals surface area contributed by atoms with E-state index in [-0.39, 0.29) is 34.8 Å². The molecular weight excluding hydrogens is 456 g/mol. The number of ether oxygens (including phenoxy) is 1. The molecule has 0 radical (unpaired) electrons. The minimum Gasteiger partial charge on any atom is -0.455 e. The first-order valence-corrected chi connectivity index (χ1v) is 10.8. The van der Waals surface area contributed by atoms with Crippen LogP contribution >= 0.6 is 0 Å². The van der Waals surface area contributed by atoms with Crippen LogP contribution < -0.4 is 0 Å². The highest BCUT2D eigenvalue weighted by molar-refractivity contribution is 7.89. The highest BCUT2D eigenvalue weighted by Gasteiger charge is 2.24. The Morgan fingerprint density at radius 3 is 2.30 bits per heavy atom. The fraction of sp³-hybridized carbons (Fsp3) is 0.200. The van der Waals surface area contributed by atoms with Gasteiger partial charge in [0.2, 0.25) is 15.9 Å². The topological polar surface area (TPSA) is 163 Å². The van der Waals surface area contributed by atoms with Crippen molar-refractivity contribution in [3.8, 4) is 11.5 Å². The van der Waals surface area contributed by atoms with Crippen molar-refractivity contribution in [2.75, 3.05) is 13.6 Å². The molecule has 0 aliphatic carbocycles. The zero-order valence-corrected chi connectivity index (χ0v) is 18.3. The van der Waals surface area contributed by atoms with Gasteiger partial charge in [0.05, 0.1) is 9.82 Å². The highest BCUT2D eigenvalue weighted by atomic mass is 32.2. The van der Waals surface area contributed by atoms with E-state index in [1.165, 1.54) is 62.5 Å². The number of Topliss-reactive ketones (excluding diaryl/α,β-unsaturated/α-hetero) is 1. The summed E-state index contributed by atoms with van der Waals surface area (Å²) in [6, 6.07) is 10.8. The van der Waals surface area contributed by atoms with Gasteiger partial charge in [-0.15, -0.1) is 10.2 Å². The number of rotatable bonds is 9. The number of non-ortho nitro benzene ring substituents is 1. The zero-order chi connectivity index (χ0) is 24.2. The molecule has 0 saturated carbocycles. The van der Waals surface area contributed by atoms with Crippen molar-refractivity contribution in [2.24, 2.45) is 0 Å². The van der Waals surface area contributed by atoms with Gasteiger partial charge in [-0.25, -0.2) is 8.42 Å². The fourth-order valence-electron chi connectivity index (χ4n) is 2.65. The van der Waals surface area contributed by atoms with Gasteiger partial charge in [0.25, 0.3) is 11.6 Å². The third-order valence-corrected chi connectivity index (χ3v) is 6.29. The molecule has 2 aromatic carbocycles. The van der Waals surface area contributed by atoms with Crippen LogP contribution in [0.25, 0.3) is 11.5 Å². The van der Waals surface area contributed by atoms with E-state index in [0.29, 0.717) is 11.1 Å². The number of nitro benzene ring substituents is 1. The molecule has 0 fully saturated rings. The molecule has 0 atom stereocenters. The number of benzene rings is 2. The lowest BCUT2D eigenvalue weighted by atomic mass is 10.2. The molecule has 0 N–H and O–H groups in total. The SMILES string of the molecule is CC(=O)c1ccc(S(=O)(=O)N(C)CC(=O)OCc2nnc(-c3ccc([N+](=O)[O-])cc3)o2)cc1. The lowest BCUT2D eigenvalue weighted by Gasteiger charge is -2.16. The number of nitro groups is 1. The van der Waals surface area contributed by atoms with Gasteiger partial charge in [0, 0.05) is 30.3 Å². The van der Waals surface area contributed by atoms with Crippen molar-refractivity contribution in [2.45, 2.75) is 18.4 Å². The Bertz CT molecular complexity index is 1280. The first kappa shape index (κ1) is 23.7. The number of hydrogen-bond donors (Lipinski definition) is 0. The summed E-state index contributed by atoms with van der Waals surface area (Å²) < 4.78 is 36.4. The Kier molecular flexibility index (Phi) is 6.94. The normalized spacial score (nSPS) is 11.4. The zero-order valence-electron chi connectivity index (χ0n) is 17.5. The largest absolute Gasteiger partial charge is 0.455 e. The summed E-state index contributed by atoms with van der Waals surface area (Å²) in [5, 5.41) is 18.2. The van der Waals surface area contributed by atoms with Gasteiger partial charge in [-0.05, 0) is 31.2 Å². The lowest BCUT2D eigenvalue weighted by molar-refractivity contribution is -0.384. The molecule has 0 amide bonds. The van der Waals surface area contributed by atoms with Crippen molar-refractivity contribution in [1.29, 1.82) is 0 Å². The maximum atomic E-state index is 12.6. The van der Waals surface area contributed by atoms with E-state index < -0.39 is 27.5 Å². The van der Waals surface area contributed by atoms with E-state index in [9.17, 15) is 28.1 Å². The second-order valence-electron chi connectivity index (χ2n) is 6.81. The smallest absolute Gasteiger partial charge is 0.321 e. The van der Waals surface area contributed by atoms with Crippen molar-refractivity contribution in [3.05, 3.63) is 70.1 Å². The van der Waals surface area contributed by atoms with Gasteiger partial charge < -0.3 is 9.15 Å². The number of sulfonamides is 1. The molecule has 0 bridgehead atoms. The molecular formula is C20H18N4O8S. The first-order chi connectivity index (χ1) is 15.6. The number of carbonyl (C=O) groups is 2. The summed E-state index contributed by atoms with van der Waals surface area (Å²) >= 11 is 0. The van der Waals surface area contributed by atoms with Gasteiger partial charge in [-0.2, -0.15) is 4.31 Å². The van der Waals surface area contributed by atoms with Crippen LogP contribution in [0, 0.1) is 10.1 Å². The average Bonchev–Trinajstić information content (AvgIpc) is 3.27. The predicted molar refractivity (Wildman–Crippen MR) is 112 cm³/mol. The van der Waals surface area contributed by atoms with Crippen LogP contribution in [0.2, 0.25) is 0 Å². The Morgan fingerprint density at radius 1 is 1.09 bits per heavy atom. The summed E-state index contributed by atoms with van der Waals surface area (Å²) in [5.41, 5.74) is 0.706. The van der Waals surface area contributed by atoms with Crippen LogP contribution in [0.15, 0.2) is 57.8 Å². The van der Waals surface area contributed by atoms with Gasteiger partial charge >= 0.3 is 5.97 Å². The van der Waals surface area contributed by atoms with E-state index in [1.807, 2.05) is 0 Å². The second-order valence-corrected chi connectivity index (χ2v) is 8.85. The van der Waals surface area contributed by atoms with E-state index in [0.717, 1.165) is 4.31 Å². The fourth-order valence-corrected chi connectivity index (χ4v) is 3.77. The minimum atomic E-state index is -3.98. The van der Waals surface area contributed by atoms with Crippen molar-refractivity contribution in [3.63, 3.8) is 0 Å². The Labute approximate surface area is 188 Å². The van der Waals surface area contributed by atoms with E-state index in [4.69, 9.17) is 9.15 Å². The molecule has 13 heteroatoms. The molecule has 0 spiro atoms. The molecule has 1 heterocycles. The Morgan fingerprint density at radius 2 is 1.73 bits per heavy atom. The van der Waals surface area contributed by atoms with Crippen LogP contribution in [0.5, 0.6) is 0 Å². The number of nitrogens with zero attached hydrogens (tertiary/aromatic N) is 4. The number of aromatic nitrogens is 2. The molecule has 0 aliphatic heterocycles. The third-order valence-electron chi connectivity index (χ3n) is 4.47. The molecule has 3 rings (SSSR count). The predicted octanol–water partition coefficient (Wildman–Crippen LogP) is 2.21. The van der Waals surface area contributed by atoms with Crippen LogP contribution in [-0.2, 0) is 26.2 Å². The lowest BCUT2D eigenvalue weighted by Crippen LogP contribution is -2.33. The van der Waals surface area contributed by atoms with Crippen molar-refractivity contribution < 1.29 is 32.1 Å². The average molecular weight is 474 g/mol. The van der Waals surface area contributed by atoms with Crippen LogP contribution in [0.1, 0.15) is 23.2 Å². The monoisotopic (exact) mass is 474 g/mol. The molecule has 1 aromatic heterocycles. The summed E-state index contributed by atoms with van der Waals surface area (Å²) in [6.07, 6.45) is 0. The van der Waals surface area contributed by atoms with Crippen LogP contribution in [0.3, 0.4) is 0 Å². The Balaban J connectivity index is 1.57. The summed E-state index contributed by atoms with van der Waals surface area (Å²) in [6.45, 7) is 0.407. The van der Waals surface area contributed by atoms with Gasteiger partial charge in [0.1, 0.15) is 6.54 Å². The van der Waals surface area contributed by atoms with Gasteiger partial charge in [-0.3, -0.25) is 19.7 Å². The number of esters is 1. The van der Waals surface area contributed by atoms with E-state index in [1.54, 1.807) is 0 Å². The van der Waals surface area contributed by atoms with Crippen LogP contribution in [0.4, 0.5) is 5.69 Å². The highest BCUT2D eigenvalue weighted by Crippen LogP contribution is 2.21. The minimum absolute atomic E-state index is 0.0398. The maximum absolute atomic E-state index is 12.6. The molecule has 12 nitrogen and oxygen atoms in total. The second kappa shape index (κ2) is 9.67. The number of ketones is 1. The van der Waals surface area contributed by atoms with Gasteiger partial charge in [-0.1, -0.05) is 12.1 Å². The molecule has 0 aliphatic rings. The molecule has 0 saturated heterocycles. The quantitative estimate of drug-likeness (QED) is 0.194. The van der Waals surface area contributed by atoms with E-state index >= 15 is 0 Å². The first-order valence-electron chi connectivity index (χ1n) is 9.38. The van der Waals surface area contributed by atoms with Crippen molar-refractivity contribution >= 4 is 27.5 Å². The molecule has 33 heavy (non-hydrogen) atoms. The number of carbonyl (C=O) groups excluding carboxylic acids is 2. The summed E-state index contributed by atoms with van der Waals surface area (Å²) in [5.74, 6) is -1.02. The molecule has 3 aromatic rings. The van der Waals surface area contributed by atoms with E-state index in [2.05, 4.69) is 10.2 Å². The molecule has 172 valence electrons. The van der Waals surface area contributed by atoms with Crippen molar-refractivity contribution in [1.82, 2.24) is 14.5 Å². The standard InChI is InChI=1S/C20H18N4O8S/c1-13(25)14-5-9-17(10-6-14)33(29,30)23(2)11-19(26)31-12-18-21-22-20(32-18)15-3-7-16(8-4-15)24(27)28/h3-10H,11-12H2,1-2H3. The number of likely N-dealkylation sites (N-methyl/N-ethyl adjacent to an activating group) is 1. The van der Waals surface area contributed by atoms with Crippen LogP contribution in [-0.4, -0.2) is 53.2 Å². The summed E-state index contributed by atoms with van der Waals surface area (Å²) in [7, 11) is -2.76. The maximum Gasteiger partial charge on any atom is 0.321 e. The molecule has 0 unspecified atom stereocenters. The summed E-state index contributed by atoms with van der Waals surface area (Å²) in [4.78, 5) is 33.5.